The van der Waals surface area contributed by atoms with Crippen LogP contribution in [-0.2, 0) is 26.8 Å². The largest absolute Gasteiger partial charge is 0.483 e. The fourth-order valence-corrected chi connectivity index (χ4v) is 7.56. The average molecular weight is 617 g/mol. The summed E-state index contributed by atoms with van der Waals surface area (Å²) in [5.41, 5.74) is 1.23. The van der Waals surface area contributed by atoms with Crippen LogP contribution in [0.3, 0.4) is 0 Å². The van der Waals surface area contributed by atoms with Crippen LogP contribution in [0.15, 0.2) is 49.0 Å². The van der Waals surface area contributed by atoms with Crippen LogP contribution in [0.1, 0.15) is 81.3 Å². The molecule has 3 aliphatic carbocycles. The van der Waals surface area contributed by atoms with Gasteiger partial charge in [-0.1, -0.05) is 38.3 Å². The molecule has 10 nitrogen and oxygen atoms in total. The molecule has 4 fully saturated rings. The molecule has 0 spiro atoms. The van der Waals surface area contributed by atoms with Crippen molar-refractivity contribution >= 4 is 23.4 Å². The summed E-state index contributed by atoms with van der Waals surface area (Å²) in [7, 11) is 3.33. The number of hydrogen-bond acceptors (Lipinski definition) is 6. The highest BCUT2D eigenvalue weighted by atomic mass is 16.5. The van der Waals surface area contributed by atoms with E-state index in [0.717, 1.165) is 50.5 Å². The lowest BCUT2D eigenvalue weighted by atomic mass is 9.66. The minimum absolute atomic E-state index is 0.0176. The Bertz CT molecular complexity index is 1440. The van der Waals surface area contributed by atoms with E-state index in [-0.39, 0.29) is 35.1 Å². The highest BCUT2D eigenvalue weighted by Crippen LogP contribution is 2.58. The first-order valence-electron chi connectivity index (χ1n) is 16.5. The van der Waals surface area contributed by atoms with Gasteiger partial charge in [0.05, 0.1) is 12.5 Å². The van der Waals surface area contributed by atoms with Crippen LogP contribution < -0.4 is 16.0 Å². The molecule has 4 atom stereocenters. The third-order valence-electron chi connectivity index (χ3n) is 11.2. The summed E-state index contributed by atoms with van der Waals surface area (Å²) in [6, 6.07) is 8.77. The minimum atomic E-state index is -0.761. The van der Waals surface area contributed by atoms with Gasteiger partial charge in [-0.2, -0.15) is 5.10 Å². The second-order valence-electron chi connectivity index (χ2n) is 14.2. The summed E-state index contributed by atoms with van der Waals surface area (Å²) in [6.45, 7) is 9.50. The maximum atomic E-state index is 14.1. The molecule has 3 amide bonds. The van der Waals surface area contributed by atoms with E-state index in [9.17, 15) is 14.4 Å². The highest BCUT2D eigenvalue weighted by Gasteiger charge is 2.54. The number of ether oxygens (including phenoxy) is 1. The molecule has 3 N–H and O–H groups in total. The Labute approximate surface area is 266 Å². The Balaban J connectivity index is 1.23. The van der Waals surface area contributed by atoms with Crippen molar-refractivity contribution in [2.75, 3.05) is 25.5 Å². The molecule has 2 aromatic rings. The fourth-order valence-electron chi connectivity index (χ4n) is 7.56. The molecule has 1 aromatic carbocycles. The Morgan fingerprint density at radius 2 is 1.73 bits per heavy atom. The van der Waals surface area contributed by atoms with Crippen molar-refractivity contribution in [3.8, 4) is 0 Å². The van der Waals surface area contributed by atoms with Crippen molar-refractivity contribution in [2.45, 2.75) is 82.7 Å². The van der Waals surface area contributed by atoms with Crippen LogP contribution >= 0.6 is 0 Å². The van der Waals surface area contributed by atoms with Gasteiger partial charge in [-0.25, -0.2) is 0 Å². The van der Waals surface area contributed by atoms with Gasteiger partial charge in [-0.15, -0.1) is 0 Å². The third-order valence-corrected chi connectivity index (χ3v) is 11.2. The predicted molar refractivity (Wildman–Crippen MR) is 172 cm³/mol. The molecular weight excluding hydrogens is 568 g/mol. The van der Waals surface area contributed by atoms with Gasteiger partial charge in [0.25, 0.3) is 5.91 Å². The van der Waals surface area contributed by atoms with Crippen molar-refractivity contribution in [3.05, 3.63) is 60.2 Å². The molecule has 45 heavy (non-hydrogen) atoms. The summed E-state index contributed by atoms with van der Waals surface area (Å²) in [4.78, 5) is 43.4. The number of hydrogen-bond donors (Lipinski definition) is 3. The molecule has 6 rings (SSSR count). The lowest BCUT2D eigenvalue weighted by Gasteiger charge is -2.42. The van der Waals surface area contributed by atoms with Crippen molar-refractivity contribution in [1.29, 1.82) is 0 Å². The van der Waals surface area contributed by atoms with E-state index in [1.807, 2.05) is 29.2 Å². The number of anilines is 1. The topological polar surface area (TPSA) is 118 Å². The standard InChI is InChI=1S/C35H48N6O4/c1-22(24-9-10-24)37-33(44)35(18-20-41(21-35)23(2)45-5)26-11-13-27(14-12-26)38-32(43)30(39-31(42)28-15-19-36-40(28)4)29(25-7-6-8-25)34(3)16-17-34/h11-15,19,22,24-25,29-30H,2,6-10,16-18,20-21H2,1,3-5H3,(H,37,44)(H,38,43)(H,39,42)/t22?,29?,30-,35?/m0/s1. The van der Waals surface area contributed by atoms with E-state index < -0.39 is 11.5 Å². The van der Waals surface area contributed by atoms with E-state index in [1.165, 1.54) is 4.68 Å². The molecule has 1 saturated heterocycles. The summed E-state index contributed by atoms with van der Waals surface area (Å²) in [5, 5.41) is 13.7. The van der Waals surface area contributed by atoms with E-state index in [0.29, 0.717) is 48.6 Å². The van der Waals surface area contributed by atoms with Gasteiger partial charge in [0.1, 0.15) is 11.7 Å². The molecule has 242 valence electrons. The Kier molecular flexibility index (Phi) is 8.43. The number of carbonyl (C=O) groups excluding carboxylic acids is 3. The molecule has 1 aromatic heterocycles. The van der Waals surface area contributed by atoms with Gasteiger partial charge in [-0.3, -0.25) is 19.1 Å². The molecule has 0 bridgehead atoms. The first-order valence-corrected chi connectivity index (χ1v) is 16.5. The van der Waals surface area contributed by atoms with Crippen molar-refractivity contribution < 1.29 is 19.1 Å². The first kappa shape index (κ1) is 31.2. The number of nitrogens with zero attached hydrogens (tertiary/aromatic N) is 3. The fraction of sp³-hybridized carbons (Fsp3) is 0.600. The van der Waals surface area contributed by atoms with Crippen LogP contribution in [0, 0.1) is 23.2 Å². The second-order valence-corrected chi connectivity index (χ2v) is 14.2. The molecule has 0 radical (unpaired) electrons. The molecule has 1 aliphatic heterocycles. The van der Waals surface area contributed by atoms with Crippen molar-refractivity contribution in [1.82, 2.24) is 25.3 Å². The van der Waals surface area contributed by atoms with Crippen LogP contribution in [0.5, 0.6) is 0 Å². The summed E-state index contributed by atoms with van der Waals surface area (Å²) >= 11 is 0. The first-order chi connectivity index (χ1) is 21.5. The van der Waals surface area contributed by atoms with Gasteiger partial charge in [-0.05, 0) is 92.5 Å². The number of amides is 3. The second kappa shape index (κ2) is 12.2. The molecule has 2 heterocycles. The smallest absolute Gasteiger partial charge is 0.270 e. The normalized spacial score (nSPS) is 24.1. The number of rotatable bonds is 13. The van der Waals surface area contributed by atoms with Crippen molar-refractivity contribution in [2.24, 2.45) is 30.2 Å². The Morgan fingerprint density at radius 3 is 2.29 bits per heavy atom. The maximum Gasteiger partial charge on any atom is 0.270 e. The number of nitrogens with one attached hydrogen (secondary N) is 3. The van der Waals surface area contributed by atoms with Crippen molar-refractivity contribution in [3.63, 3.8) is 0 Å². The number of carbonyl (C=O) groups is 3. The minimum Gasteiger partial charge on any atom is -0.483 e. The zero-order valence-electron chi connectivity index (χ0n) is 27.1. The van der Waals surface area contributed by atoms with E-state index >= 15 is 0 Å². The number of methoxy groups -OCH3 is 1. The van der Waals surface area contributed by atoms with E-state index in [2.05, 4.69) is 41.5 Å². The monoisotopic (exact) mass is 616 g/mol. The van der Waals surface area contributed by atoms with Crippen LogP contribution in [0.2, 0.25) is 0 Å². The van der Waals surface area contributed by atoms with Crippen LogP contribution in [0.4, 0.5) is 5.69 Å². The zero-order valence-corrected chi connectivity index (χ0v) is 27.1. The highest BCUT2D eigenvalue weighted by molar-refractivity contribution is 6.01. The number of aromatic nitrogens is 2. The summed E-state index contributed by atoms with van der Waals surface area (Å²) < 4.78 is 6.94. The third kappa shape index (κ3) is 6.20. The molecular formula is C35H48N6O4. The SMILES string of the molecule is C=C(OC)N1CCC(C(=O)NC(C)C2CC2)(c2ccc(NC(=O)[C@@H](NC(=O)c3ccnn3C)C(C3CCC3)C3(C)CC3)cc2)C1. The average Bonchev–Trinajstić information content (AvgIpc) is 3.90. The maximum absolute atomic E-state index is 14.1. The van der Waals surface area contributed by atoms with Gasteiger partial charge in [0.15, 0.2) is 5.88 Å². The quantitative estimate of drug-likeness (QED) is 0.288. The molecule has 10 heteroatoms. The van der Waals surface area contributed by atoms with Gasteiger partial charge in [0.2, 0.25) is 11.8 Å². The van der Waals surface area contributed by atoms with Crippen LogP contribution in [-0.4, -0.2) is 64.7 Å². The summed E-state index contributed by atoms with van der Waals surface area (Å²) in [5.74, 6) is 1.07. The zero-order chi connectivity index (χ0) is 31.9. The van der Waals surface area contributed by atoms with Gasteiger partial charge in [0, 0.05) is 38.1 Å². The lowest BCUT2D eigenvalue weighted by Crippen LogP contribution is -2.54. The summed E-state index contributed by atoms with van der Waals surface area (Å²) in [6.07, 6.45) is 9.97. The molecule has 3 saturated carbocycles. The predicted octanol–water partition coefficient (Wildman–Crippen LogP) is 4.35. The molecule has 4 aliphatic rings. The lowest BCUT2D eigenvalue weighted by molar-refractivity contribution is -0.127. The Morgan fingerprint density at radius 1 is 1.02 bits per heavy atom. The number of benzene rings is 1. The van der Waals surface area contributed by atoms with Gasteiger partial charge < -0.3 is 25.6 Å². The van der Waals surface area contributed by atoms with Crippen LogP contribution in [0.25, 0.3) is 0 Å². The van der Waals surface area contributed by atoms with E-state index in [1.54, 1.807) is 26.4 Å². The van der Waals surface area contributed by atoms with Gasteiger partial charge >= 0.3 is 0 Å². The van der Waals surface area contributed by atoms with E-state index in [4.69, 9.17) is 4.74 Å². The Hall–Kier alpha value is -3.82. The molecule has 3 unspecified atom stereocenters. The number of aryl methyl sites for hydroxylation is 1. The number of likely N-dealkylation sites (tertiary alicyclic amines) is 1.